The zero-order valence-corrected chi connectivity index (χ0v) is 11.6. The summed E-state index contributed by atoms with van der Waals surface area (Å²) in [4.78, 5) is 16.1. The Bertz CT molecular complexity index is 458. The normalized spacial score (nSPS) is 14.5. The molecule has 0 saturated carbocycles. The molecule has 1 aliphatic heterocycles. The predicted octanol–water partition coefficient (Wildman–Crippen LogP) is 1.34. The Hall–Kier alpha value is -1.75. The fourth-order valence-electron chi connectivity index (χ4n) is 2.25. The molecule has 2 rings (SSSR count). The van der Waals surface area contributed by atoms with Crippen molar-refractivity contribution in [2.24, 2.45) is 0 Å². The van der Waals surface area contributed by atoms with E-state index in [9.17, 15) is 4.79 Å². The lowest BCUT2D eigenvalue weighted by molar-refractivity contribution is -0.121. The van der Waals surface area contributed by atoms with E-state index in [1.54, 1.807) is 17.0 Å². The predicted molar refractivity (Wildman–Crippen MR) is 76.5 cm³/mol. The standard InChI is InChI=1S/C14H21N3O2/c1-3-16(4-2)7-8-17-12-6-5-11(15)9-13(12)19-10-14(17)18/h5-6,9H,3-4,7-8,10,15H2,1-2H3. The first-order chi connectivity index (χ1) is 9.15. The highest BCUT2D eigenvalue weighted by Gasteiger charge is 2.25. The molecular formula is C14H21N3O2. The van der Waals surface area contributed by atoms with E-state index in [-0.39, 0.29) is 12.5 Å². The van der Waals surface area contributed by atoms with Crippen LogP contribution >= 0.6 is 0 Å². The molecule has 0 spiro atoms. The molecule has 1 aromatic carbocycles. The summed E-state index contributed by atoms with van der Waals surface area (Å²) in [6.07, 6.45) is 0. The Morgan fingerprint density at radius 3 is 2.79 bits per heavy atom. The monoisotopic (exact) mass is 263 g/mol. The van der Waals surface area contributed by atoms with E-state index >= 15 is 0 Å². The molecule has 0 unspecified atom stereocenters. The van der Waals surface area contributed by atoms with Crippen LogP contribution in [0.3, 0.4) is 0 Å². The Morgan fingerprint density at radius 1 is 1.37 bits per heavy atom. The second-order valence-corrected chi connectivity index (χ2v) is 4.59. The Labute approximate surface area is 113 Å². The molecule has 0 atom stereocenters. The van der Waals surface area contributed by atoms with E-state index in [2.05, 4.69) is 18.7 Å². The molecule has 0 radical (unpaired) electrons. The number of carbonyl (C=O) groups excluding carboxylic acids is 1. The van der Waals surface area contributed by atoms with Gasteiger partial charge >= 0.3 is 0 Å². The van der Waals surface area contributed by atoms with Crippen LogP contribution in [-0.2, 0) is 4.79 Å². The number of anilines is 2. The van der Waals surface area contributed by atoms with E-state index in [4.69, 9.17) is 10.5 Å². The molecule has 0 saturated heterocycles. The third kappa shape index (κ3) is 2.98. The fraction of sp³-hybridized carbons (Fsp3) is 0.500. The zero-order valence-electron chi connectivity index (χ0n) is 11.6. The lowest BCUT2D eigenvalue weighted by Gasteiger charge is -2.31. The topological polar surface area (TPSA) is 58.8 Å². The van der Waals surface area contributed by atoms with Gasteiger partial charge in [-0.2, -0.15) is 0 Å². The van der Waals surface area contributed by atoms with Crippen LogP contribution in [0, 0.1) is 0 Å². The van der Waals surface area contributed by atoms with Crippen molar-refractivity contribution in [1.82, 2.24) is 4.90 Å². The maximum atomic E-state index is 12.0. The van der Waals surface area contributed by atoms with Crippen LogP contribution in [0.5, 0.6) is 5.75 Å². The molecule has 1 aliphatic rings. The van der Waals surface area contributed by atoms with Crippen molar-refractivity contribution in [3.05, 3.63) is 18.2 Å². The third-order valence-electron chi connectivity index (χ3n) is 3.46. The molecule has 0 bridgehead atoms. The van der Waals surface area contributed by atoms with E-state index in [1.165, 1.54) is 0 Å². The summed E-state index contributed by atoms with van der Waals surface area (Å²) in [6, 6.07) is 5.42. The lowest BCUT2D eigenvalue weighted by Crippen LogP contribution is -2.43. The van der Waals surface area contributed by atoms with Crippen LogP contribution < -0.4 is 15.4 Å². The van der Waals surface area contributed by atoms with Gasteiger partial charge in [-0.15, -0.1) is 0 Å². The number of hydrogen-bond acceptors (Lipinski definition) is 4. The summed E-state index contributed by atoms with van der Waals surface area (Å²) < 4.78 is 5.42. The van der Waals surface area contributed by atoms with Crippen molar-refractivity contribution in [1.29, 1.82) is 0 Å². The number of hydrogen-bond donors (Lipinski definition) is 1. The maximum Gasteiger partial charge on any atom is 0.265 e. The van der Waals surface area contributed by atoms with Crippen LogP contribution in [0.4, 0.5) is 11.4 Å². The molecule has 0 aromatic heterocycles. The van der Waals surface area contributed by atoms with Crippen molar-refractivity contribution >= 4 is 17.3 Å². The molecule has 0 aliphatic carbocycles. The number of nitrogens with zero attached hydrogens (tertiary/aromatic N) is 2. The number of benzene rings is 1. The molecule has 5 nitrogen and oxygen atoms in total. The quantitative estimate of drug-likeness (QED) is 0.814. The van der Waals surface area contributed by atoms with Crippen molar-refractivity contribution in [3.8, 4) is 5.75 Å². The summed E-state index contributed by atoms with van der Waals surface area (Å²) in [6.45, 7) is 7.86. The van der Waals surface area contributed by atoms with Crippen molar-refractivity contribution < 1.29 is 9.53 Å². The lowest BCUT2D eigenvalue weighted by atomic mass is 10.2. The minimum atomic E-state index is 0.00410. The van der Waals surface area contributed by atoms with Gasteiger partial charge < -0.3 is 20.3 Å². The van der Waals surface area contributed by atoms with Crippen LogP contribution in [0.2, 0.25) is 0 Å². The van der Waals surface area contributed by atoms with Gasteiger partial charge in [-0.05, 0) is 25.2 Å². The first kappa shape index (κ1) is 13.7. The number of fused-ring (bicyclic) bond motifs is 1. The van der Waals surface area contributed by atoms with Crippen molar-refractivity contribution in [3.63, 3.8) is 0 Å². The highest BCUT2D eigenvalue weighted by atomic mass is 16.5. The van der Waals surface area contributed by atoms with Gasteiger partial charge in [-0.1, -0.05) is 13.8 Å². The average molecular weight is 263 g/mol. The number of ether oxygens (including phenoxy) is 1. The van der Waals surface area contributed by atoms with E-state index < -0.39 is 0 Å². The van der Waals surface area contributed by atoms with Gasteiger partial charge in [0.2, 0.25) is 0 Å². The minimum Gasteiger partial charge on any atom is -0.481 e. The summed E-state index contributed by atoms with van der Waals surface area (Å²) in [5.74, 6) is 0.698. The first-order valence-corrected chi connectivity index (χ1v) is 6.70. The molecule has 0 fully saturated rings. The molecule has 2 N–H and O–H groups in total. The SMILES string of the molecule is CCN(CC)CCN1C(=O)COc2cc(N)ccc21. The van der Waals surface area contributed by atoms with Gasteiger partial charge in [0.25, 0.3) is 5.91 Å². The fourth-order valence-corrected chi connectivity index (χ4v) is 2.25. The molecule has 1 aromatic rings. The largest absolute Gasteiger partial charge is 0.481 e. The summed E-state index contributed by atoms with van der Waals surface area (Å²) in [5.41, 5.74) is 7.20. The number of nitrogen functional groups attached to an aromatic ring is 1. The van der Waals surface area contributed by atoms with Crippen LogP contribution in [0.15, 0.2) is 18.2 Å². The molecule has 1 heterocycles. The van der Waals surface area contributed by atoms with E-state index in [0.717, 1.165) is 25.3 Å². The van der Waals surface area contributed by atoms with Crippen LogP contribution in [-0.4, -0.2) is 43.6 Å². The van der Waals surface area contributed by atoms with Gasteiger partial charge in [0.15, 0.2) is 6.61 Å². The van der Waals surface area contributed by atoms with Gasteiger partial charge in [-0.25, -0.2) is 0 Å². The van der Waals surface area contributed by atoms with Crippen LogP contribution in [0.1, 0.15) is 13.8 Å². The van der Waals surface area contributed by atoms with Crippen LogP contribution in [0.25, 0.3) is 0 Å². The van der Waals surface area contributed by atoms with Gasteiger partial charge in [-0.3, -0.25) is 4.79 Å². The van der Waals surface area contributed by atoms with E-state index in [0.29, 0.717) is 18.0 Å². The number of nitrogens with two attached hydrogens (primary N) is 1. The Morgan fingerprint density at radius 2 is 2.11 bits per heavy atom. The molecular weight excluding hydrogens is 242 g/mol. The van der Waals surface area contributed by atoms with Crippen molar-refractivity contribution in [2.45, 2.75) is 13.8 Å². The second kappa shape index (κ2) is 5.93. The summed E-state index contributed by atoms with van der Waals surface area (Å²) in [7, 11) is 0. The minimum absolute atomic E-state index is 0.00410. The second-order valence-electron chi connectivity index (χ2n) is 4.59. The van der Waals surface area contributed by atoms with Gasteiger partial charge in [0, 0.05) is 24.8 Å². The smallest absolute Gasteiger partial charge is 0.265 e. The highest BCUT2D eigenvalue weighted by Crippen LogP contribution is 2.33. The van der Waals surface area contributed by atoms with E-state index in [1.807, 2.05) is 6.07 Å². The average Bonchev–Trinajstić information content (AvgIpc) is 2.42. The maximum absolute atomic E-state index is 12.0. The van der Waals surface area contributed by atoms with Gasteiger partial charge in [0.1, 0.15) is 5.75 Å². The molecule has 1 amide bonds. The third-order valence-corrected chi connectivity index (χ3v) is 3.46. The number of rotatable bonds is 5. The summed E-state index contributed by atoms with van der Waals surface area (Å²) >= 11 is 0. The molecule has 5 heteroatoms. The summed E-state index contributed by atoms with van der Waals surface area (Å²) in [5, 5.41) is 0. The zero-order chi connectivity index (χ0) is 13.8. The van der Waals surface area contributed by atoms with Gasteiger partial charge in [0.05, 0.1) is 5.69 Å². The van der Waals surface area contributed by atoms with Crippen molar-refractivity contribution in [2.75, 3.05) is 43.4 Å². The Kier molecular flexibility index (Phi) is 4.27. The number of likely N-dealkylation sites (N-methyl/N-ethyl adjacent to an activating group) is 1. The Balaban J connectivity index is 2.14. The highest BCUT2D eigenvalue weighted by molar-refractivity contribution is 5.98. The number of carbonyl (C=O) groups is 1. The first-order valence-electron chi connectivity index (χ1n) is 6.70. The molecule has 19 heavy (non-hydrogen) atoms. The number of amides is 1. The molecule has 104 valence electrons.